The Hall–Kier alpha value is -1.91. The highest BCUT2D eigenvalue weighted by atomic mass is 35.5. The van der Waals surface area contributed by atoms with E-state index in [0.29, 0.717) is 15.7 Å². The zero-order valence-electron chi connectivity index (χ0n) is 13.8. The average molecular weight is 366 g/mol. The van der Waals surface area contributed by atoms with Crippen molar-refractivity contribution in [1.29, 1.82) is 0 Å². The van der Waals surface area contributed by atoms with Crippen LogP contribution in [0.4, 0.5) is 17.1 Å². The third-order valence-corrected chi connectivity index (χ3v) is 4.20. The molecule has 0 aliphatic heterocycles. The van der Waals surface area contributed by atoms with E-state index in [9.17, 15) is 4.79 Å². The van der Waals surface area contributed by atoms with Crippen molar-refractivity contribution in [3.8, 4) is 0 Å². The Labute approximate surface area is 152 Å². The SMILES string of the molecule is CCN(CC)c1ccc(NCC(=O)Nc2ccc(Cl)cc2Cl)cc1. The third kappa shape index (κ3) is 5.05. The van der Waals surface area contributed by atoms with Crippen molar-refractivity contribution in [3.05, 3.63) is 52.5 Å². The van der Waals surface area contributed by atoms with Crippen LogP contribution in [-0.4, -0.2) is 25.5 Å². The molecule has 0 fully saturated rings. The van der Waals surface area contributed by atoms with E-state index in [1.165, 1.54) is 5.69 Å². The molecule has 0 aromatic heterocycles. The zero-order valence-corrected chi connectivity index (χ0v) is 15.3. The lowest BCUT2D eigenvalue weighted by atomic mass is 10.2. The van der Waals surface area contributed by atoms with E-state index in [1.807, 2.05) is 24.3 Å². The van der Waals surface area contributed by atoms with Crippen molar-refractivity contribution >= 4 is 46.2 Å². The predicted molar refractivity (Wildman–Crippen MR) is 104 cm³/mol. The molecule has 2 aromatic carbocycles. The van der Waals surface area contributed by atoms with Crippen molar-refractivity contribution in [2.24, 2.45) is 0 Å². The maximum Gasteiger partial charge on any atom is 0.243 e. The van der Waals surface area contributed by atoms with Gasteiger partial charge in [-0.15, -0.1) is 0 Å². The van der Waals surface area contributed by atoms with Gasteiger partial charge in [0.15, 0.2) is 0 Å². The van der Waals surface area contributed by atoms with Gasteiger partial charge in [-0.2, -0.15) is 0 Å². The molecule has 0 bridgehead atoms. The number of halogens is 2. The van der Waals surface area contributed by atoms with Crippen LogP contribution < -0.4 is 15.5 Å². The summed E-state index contributed by atoms with van der Waals surface area (Å²) >= 11 is 11.9. The number of carbonyl (C=O) groups excluding carboxylic acids is 1. The Kier molecular flexibility index (Phi) is 6.76. The molecule has 6 heteroatoms. The van der Waals surface area contributed by atoms with Gasteiger partial charge in [-0.3, -0.25) is 4.79 Å². The maximum atomic E-state index is 12.0. The molecule has 0 radical (unpaired) electrons. The summed E-state index contributed by atoms with van der Waals surface area (Å²) in [6.45, 7) is 6.34. The molecule has 2 rings (SSSR count). The summed E-state index contributed by atoms with van der Waals surface area (Å²) in [5.41, 5.74) is 2.61. The van der Waals surface area contributed by atoms with Crippen LogP contribution in [0, 0.1) is 0 Å². The molecule has 0 saturated heterocycles. The maximum absolute atomic E-state index is 12.0. The number of nitrogens with zero attached hydrogens (tertiary/aromatic N) is 1. The first-order valence-corrected chi connectivity index (χ1v) is 8.62. The molecule has 2 aromatic rings. The van der Waals surface area contributed by atoms with Crippen molar-refractivity contribution in [2.45, 2.75) is 13.8 Å². The van der Waals surface area contributed by atoms with Gasteiger partial charge in [0.25, 0.3) is 0 Å². The van der Waals surface area contributed by atoms with Crippen molar-refractivity contribution in [3.63, 3.8) is 0 Å². The Morgan fingerprint density at radius 1 is 1.04 bits per heavy atom. The Balaban J connectivity index is 1.89. The highest BCUT2D eigenvalue weighted by Gasteiger charge is 2.07. The highest BCUT2D eigenvalue weighted by molar-refractivity contribution is 6.36. The quantitative estimate of drug-likeness (QED) is 0.733. The van der Waals surface area contributed by atoms with E-state index in [1.54, 1.807) is 18.2 Å². The molecule has 0 aliphatic carbocycles. The summed E-state index contributed by atoms with van der Waals surface area (Å²) in [5, 5.41) is 6.80. The fraction of sp³-hybridized carbons (Fsp3) is 0.278. The van der Waals surface area contributed by atoms with Gasteiger partial charge in [0.2, 0.25) is 5.91 Å². The summed E-state index contributed by atoms with van der Waals surface area (Å²) in [5.74, 6) is -0.174. The topological polar surface area (TPSA) is 44.4 Å². The van der Waals surface area contributed by atoms with Crippen LogP contribution in [0.5, 0.6) is 0 Å². The van der Waals surface area contributed by atoms with Crippen LogP contribution in [0.2, 0.25) is 10.0 Å². The van der Waals surface area contributed by atoms with Gasteiger partial charge < -0.3 is 15.5 Å². The summed E-state index contributed by atoms with van der Waals surface area (Å²) < 4.78 is 0. The van der Waals surface area contributed by atoms with E-state index >= 15 is 0 Å². The summed E-state index contributed by atoms with van der Waals surface area (Å²) in [6.07, 6.45) is 0. The molecule has 0 spiro atoms. The van der Waals surface area contributed by atoms with Crippen molar-refractivity contribution < 1.29 is 4.79 Å². The molecular formula is C18H21Cl2N3O. The number of hydrogen-bond acceptors (Lipinski definition) is 3. The summed E-state index contributed by atoms with van der Waals surface area (Å²) in [7, 11) is 0. The van der Waals surface area contributed by atoms with E-state index in [-0.39, 0.29) is 12.5 Å². The standard InChI is InChI=1S/C18H21Cl2N3O/c1-3-23(4-2)15-8-6-14(7-9-15)21-12-18(24)22-17-10-5-13(19)11-16(17)20/h5-11,21H,3-4,12H2,1-2H3,(H,22,24). The number of benzene rings is 2. The van der Waals surface area contributed by atoms with Gasteiger partial charge in [0.05, 0.1) is 17.3 Å². The molecule has 2 N–H and O–H groups in total. The largest absolute Gasteiger partial charge is 0.376 e. The van der Waals surface area contributed by atoms with E-state index in [2.05, 4.69) is 29.4 Å². The molecular weight excluding hydrogens is 345 g/mol. The first-order valence-electron chi connectivity index (χ1n) is 7.87. The van der Waals surface area contributed by atoms with Crippen molar-refractivity contribution in [1.82, 2.24) is 0 Å². The molecule has 128 valence electrons. The number of anilines is 3. The fourth-order valence-electron chi connectivity index (χ4n) is 2.35. The number of nitrogens with one attached hydrogen (secondary N) is 2. The van der Waals surface area contributed by atoms with E-state index < -0.39 is 0 Å². The second-order valence-electron chi connectivity index (χ2n) is 5.25. The Bertz CT molecular complexity index is 685. The van der Waals surface area contributed by atoms with E-state index in [0.717, 1.165) is 18.8 Å². The van der Waals surface area contributed by atoms with Crippen LogP contribution in [-0.2, 0) is 4.79 Å². The Morgan fingerprint density at radius 3 is 2.29 bits per heavy atom. The zero-order chi connectivity index (χ0) is 17.5. The lowest BCUT2D eigenvalue weighted by Crippen LogP contribution is -2.22. The van der Waals surface area contributed by atoms with Gasteiger partial charge in [-0.25, -0.2) is 0 Å². The van der Waals surface area contributed by atoms with Gasteiger partial charge in [-0.05, 0) is 56.3 Å². The van der Waals surface area contributed by atoms with Crippen LogP contribution >= 0.6 is 23.2 Å². The van der Waals surface area contributed by atoms with Crippen LogP contribution in [0.1, 0.15) is 13.8 Å². The molecule has 1 amide bonds. The van der Waals surface area contributed by atoms with Gasteiger partial charge in [0.1, 0.15) is 0 Å². The van der Waals surface area contributed by atoms with Gasteiger partial charge >= 0.3 is 0 Å². The molecule has 0 aliphatic rings. The van der Waals surface area contributed by atoms with Gasteiger partial charge in [0, 0.05) is 29.5 Å². The third-order valence-electron chi connectivity index (χ3n) is 3.65. The van der Waals surface area contributed by atoms with Crippen molar-refractivity contribution in [2.75, 3.05) is 35.2 Å². The average Bonchev–Trinajstić information content (AvgIpc) is 2.58. The number of amides is 1. The monoisotopic (exact) mass is 365 g/mol. The summed E-state index contributed by atoms with van der Waals surface area (Å²) in [4.78, 5) is 14.3. The lowest BCUT2D eigenvalue weighted by Gasteiger charge is -2.21. The minimum absolute atomic E-state index is 0.156. The minimum Gasteiger partial charge on any atom is -0.376 e. The fourth-order valence-corrected chi connectivity index (χ4v) is 2.80. The molecule has 24 heavy (non-hydrogen) atoms. The Morgan fingerprint density at radius 2 is 1.71 bits per heavy atom. The van der Waals surface area contributed by atoms with E-state index in [4.69, 9.17) is 23.2 Å². The number of carbonyl (C=O) groups is 1. The van der Waals surface area contributed by atoms with Gasteiger partial charge in [-0.1, -0.05) is 23.2 Å². The lowest BCUT2D eigenvalue weighted by molar-refractivity contribution is -0.114. The molecule has 0 unspecified atom stereocenters. The second-order valence-corrected chi connectivity index (χ2v) is 6.09. The second kappa shape index (κ2) is 8.81. The van der Waals surface area contributed by atoms with Crippen LogP contribution in [0.15, 0.2) is 42.5 Å². The molecule has 4 nitrogen and oxygen atoms in total. The summed E-state index contributed by atoms with van der Waals surface area (Å²) in [6, 6.07) is 13.0. The minimum atomic E-state index is -0.174. The molecule has 0 atom stereocenters. The first-order chi connectivity index (χ1) is 11.5. The molecule has 0 heterocycles. The van der Waals surface area contributed by atoms with Crippen LogP contribution in [0.25, 0.3) is 0 Å². The number of hydrogen-bond donors (Lipinski definition) is 2. The first kappa shape index (κ1) is 18.4. The smallest absolute Gasteiger partial charge is 0.243 e. The highest BCUT2D eigenvalue weighted by Crippen LogP contribution is 2.25. The molecule has 0 saturated carbocycles. The predicted octanol–water partition coefficient (Wildman–Crippen LogP) is 4.89. The van der Waals surface area contributed by atoms with Crippen LogP contribution in [0.3, 0.4) is 0 Å². The number of rotatable bonds is 7. The normalized spacial score (nSPS) is 10.3.